The Kier molecular flexibility index (Phi) is 8.16. The molecule has 3 N–H and O–H groups in total. The monoisotopic (exact) mass is 383 g/mol. The van der Waals surface area contributed by atoms with Crippen LogP contribution in [-0.4, -0.2) is 26.3 Å². The van der Waals surface area contributed by atoms with Gasteiger partial charge in [-0.25, -0.2) is 9.69 Å². The number of carbonyl (C=O) groups excluding carboxylic acids is 1. The molecule has 0 fully saturated rings. The molecule has 0 saturated carbocycles. The quantitative estimate of drug-likeness (QED) is 0.331. The maximum Gasteiger partial charge on any atom is 0.262 e. The van der Waals surface area contributed by atoms with Crippen LogP contribution in [-0.2, 0) is 20.2 Å². The van der Waals surface area contributed by atoms with Crippen LogP contribution in [0.2, 0.25) is 0 Å². The minimum absolute atomic E-state index is 0.473. The van der Waals surface area contributed by atoms with E-state index in [2.05, 4.69) is 17.4 Å². The molecule has 7 nitrogen and oxygen atoms in total. The normalized spacial score (nSPS) is 13.4. The number of nitrogens with one attached hydrogen (secondary N) is 2. The van der Waals surface area contributed by atoms with Gasteiger partial charge >= 0.3 is 0 Å². The van der Waals surface area contributed by atoms with Crippen LogP contribution in [0.1, 0.15) is 32.6 Å². The summed E-state index contributed by atoms with van der Waals surface area (Å²) in [5.74, 6) is -0.617. The molecule has 2 atom stereocenters. The lowest BCUT2D eigenvalue weighted by atomic mass is 10.1. The second-order valence-corrected chi connectivity index (χ2v) is 7.71. The van der Waals surface area contributed by atoms with E-state index in [-0.39, 0.29) is 0 Å². The smallest absolute Gasteiger partial charge is 0.262 e. The van der Waals surface area contributed by atoms with Gasteiger partial charge in [0.25, 0.3) is 5.91 Å². The lowest BCUT2D eigenvalue weighted by molar-refractivity contribution is -0.133. The van der Waals surface area contributed by atoms with E-state index in [0.717, 1.165) is 29.8 Å². The van der Waals surface area contributed by atoms with E-state index < -0.39 is 23.0 Å². The fourth-order valence-corrected chi connectivity index (χ4v) is 3.94. The topological polar surface area (TPSA) is 101 Å². The van der Waals surface area contributed by atoms with E-state index in [1.54, 1.807) is 17.7 Å². The second kappa shape index (κ2) is 10.4. The van der Waals surface area contributed by atoms with Gasteiger partial charge in [0.2, 0.25) is 11.1 Å². The SMILES string of the molecule is CCCCCC(NOS(=O)c1ccc(-c2ccccn2)s1)C(=O)NO. The van der Waals surface area contributed by atoms with Crippen molar-refractivity contribution in [3.05, 3.63) is 36.5 Å². The number of rotatable bonds is 10. The van der Waals surface area contributed by atoms with Crippen LogP contribution in [0.3, 0.4) is 0 Å². The average molecular weight is 383 g/mol. The highest BCUT2D eigenvalue weighted by Crippen LogP contribution is 2.28. The summed E-state index contributed by atoms with van der Waals surface area (Å²) in [7, 11) is 0. The van der Waals surface area contributed by atoms with Crippen LogP contribution in [0.25, 0.3) is 10.6 Å². The summed E-state index contributed by atoms with van der Waals surface area (Å²) in [5, 5.41) is 8.80. The lowest BCUT2D eigenvalue weighted by Crippen LogP contribution is -2.43. The summed E-state index contributed by atoms with van der Waals surface area (Å²) in [5.41, 5.74) is 4.88. The zero-order valence-electron chi connectivity index (χ0n) is 13.8. The predicted molar refractivity (Wildman–Crippen MR) is 96.0 cm³/mol. The Labute approximate surface area is 153 Å². The van der Waals surface area contributed by atoms with Crippen molar-refractivity contribution in [2.24, 2.45) is 0 Å². The lowest BCUT2D eigenvalue weighted by Gasteiger charge is -2.15. The molecule has 2 rings (SSSR count). The van der Waals surface area contributed by atoms with Gasteiger partial charge in [-0.05, 0) is 30.7 Å². The Bertz CT molecular complexity index is 694. The molecule has 1 amide bonds. The Morgan fingerprint density at radius 2 is 2.20 bits per heavy atom. The van der Waals surface area contributed by atoms with Crippen molar-refractivity contribution in [2.45, 2.75) is 42.9 Å². The molecule has 0 radical (unpaired) electrons. The van der Waals surface area contributed by atoms with Gasteiger partial charge in [0, 0.05) is 6.20 Å². The van der Waals surface area contributed by atoms with Crippen LogP contribution in [0.15, 0.2) is 40.7 Å². The number of thiophene rings is 1. The third kappa shape index (κ3) is 5.98. The van der Waals surface area contributed by atoms with Crippen molar-refractivity contribution in [3.8, 4) is 10.6 Å². The van der Waals surface area contributed by atoms with E-state index in [1.165, 1.54) is 11.3 Å². The van der Waals surface area contributed by atoms with Crippen LogP contribution in [0.4, 0.5) is 0 Å². The molecule has 2 aromatic rings. The number of amides is 1. The largest absolute Gasteiger partial charge is 0.289 e. The number of hydrogen-bond acceptors (Lipinski definition) is 7. The van der Waals surface area contributed by atoms with E-state index >= 15 is 0 Å². The molecular weight excluding hydrogens is 362 g/mol. The molecule has 0 aliphatic rings. The molecule has 25 heavy (non-hydrogen) atoms. The molecule has 2 unspecified atom stereocenters. The van der Waals surface area contributed by atoms with Gasteiger partial charge in [-0.3, -0.25) is 15.0 Å². The Morgan fingerprint density at radius 3 is 2.88 bits per heavy atom. The molecule has 0 saturated heterocycles. The molecule has 0 aromatic carbocycles. The van der Waals surface area contributed by atoms with Crippen molar-refractivity contribution in [1.29, 1.82) is 0 Å². The molecule has 0 aliphatic heterocycles. The summed E-state index contributed by atoms with van der Waals surface area (Å²) >= 11 is -0.461. The number of hydroxylamine groups is 2. The zero-order chi connectivity index (χ0) is 18.1. The van der Waals surface area contributed by atoms with Crippen LogP contribution >= 0.6 is 11.3 Å². The number of nitrogens with zero attached hydrogens (tertiary/aromatic N) is 1. The first-order valence-corrected chi connectivity index (χ1v) is 9.84. The number of aromatic nitrogens is 1. The fourth-order valence-electron chi connectivity index (χ4n) is 2.12. The highest BCUT2D eigenvalue weighted by atomic mass is 32.2. The maximum atomic E-state index is 12.3. The van der Waals surface area contributed by atoms with Crippen LogP contribution in [0, 0.1) is 0 Å². The summed E-state index contributed by atoms with van der Waals surface area (Å²) in [4.78, 5) is 16.8. The minimum atomic E-state index is -1.76. The van der Waals surface area contributed by atoms with E-state index in [9.17, 15) is 9.00 Å². The van der Waals surface area contributed by atoms with Crippen LogP contribution in [0.5, 0.6) is 0 Å². The number of carbonyl (C=O) groups is 1. The van der Waals surface area contributed by atoms with Gasteiger partial charge in [0.15, 0.2) is 0 Å². The third-order valence-corrected chi connectivity index (χ3v) is 5.72. The van der Waals surface area contributed by atoms with Crippen molar-refractivity contribution >= 4 is 28.3 Å². The standard InChI is InChI=1S/C16H21N3O4S2/c1-2-3-4-8-13(16(20)18-21)19-23-25(22)15-10-9-14(24-15)12-7-5-6-11-17-12/h5-7,9-11,13,19,21H,2-4,8H2,1H3,(H,18,20). The van der Waals surface area contributed by atoms with Gasteiger partial charge in [-0.2, -0.15) is 9.76 Å². The third-order valence-electron chi connectivity index (χ3n) is 3.45. The molecule has 0 aliphatic carbocycles. The molecule has 9 heteroatoms. The Morgan fingerprint density at radius 1 is 1.36 bits per heavy atom. The predicted octanol–water partition coefficient (Wildman–Crippen LogP) is 2.81. The summed E-state index contributed by atoms with van der Waals surface area (Å²) < 4.78 is 17.9. The molecule has 0 bridgehead atoms. The van der Waals surface area contributed by atoms with E-state index in [0.29, 0.717) is 10.6 Å². The molecule has 0 spiro atoms. The highest BCUT2D eigenvalue weighted by molar-refractivity contribution is 7.82. The number of pyridine rings is 1. The first-order valence-electron chi connectivity index (χ1n) is 7.95. The molecule has 136 valence electrons. The second-order valence-electron chi connectivity index (χ2n) is 5.29. The maximum absolute atomic E-state index is 12.3. The van der Waals surface area contributed by atoms with E-state index in [4.69, 9.17) is 9.49 Å². The average Bonchev–Trinajstić information content (AvgIpc) is 3.14. The Hall–Kier alpha value is -1.65. The van der Waals surface area contributed by atoms with Gasteiger partial charge in [0.05, 0.1) is 10.6 Å². The van der Waals surface area contributed by atoms with Crippen molar-refractivity contribution < 1.29 is 18.5 Å². The first-order chi connectivity index (χ1) is 12.2. The van der Waals surface area contributed by atoms with Crippen molar-refractivity contribution in [2.75, 3.05) is 0 Å². The van der Waals surface area contributed by atoms with Gasteiger partial charge in [0.1, 0.15) is 10.3 Å². The van der Waals surface area contributed by atoms with E-state index in [1.807, 2.05) is 24.3 Å². The first kappa shape index (κ1) is 19.7. The van der Waals surface area contributed by atoms with Crippen molar-refractivity contribution in [1.82, 2.24) is 15.9 Å². The van der Waals surface area contributed by atoms with Crippen LogP contribution < -0.4 is 11.0 Å². The molecule has 2 heterocycles. The molecular formula is C16H21N3O4S2. The summed E-state index contributed by atoms with van der Waals surface area (Å²) in [6.07, 6.45) is 4.92. The Balaban J connectivity index is 1.94. The summed E-state index contributed by atoms with van der Waals surface area (Å²) in [6.45, 7) is 2.05. The van der Waals surface area contributed by atoms with Gasteiger partial charge in [-0.15, -0.1) is 11.3 Å². The molecule has 2 aromatic heterocycles. The fraction of sp³-hybridized carbons (Fsp3) is 0.375. The van der Waals surface area contributed by atoms with Gasteiger partial charge < -0.3 is 0 Å². The number of unbranched alkanes of at least 4 members (excludes halogenated alkanes) is 2. The van der Waals surface area contributed by atoms with Crippen molar-refractivity contribution in [3.63, 3.8) is 0 Å². The zero-order valence-corrected chi connectivity index (χ0v) is 15.4. The van der Waals surface area contributed by atoms with Gasteiger partial charge in [-0.1, -0.05) is 32.3 Å². The summed E-state index contributed by atoms with van der Waals surface area (Å²) in [6, 6.07) is 8.33. The minimum Gasteiger partial charge on any atom is -0.289 e. The number of hydrogen-bond donors (Lipinski definition) is 3. The highest BCUT2D eigenvalue weighted by Gasteiger charge is 2.20.